The minimum absolute atomic E-state index is 0.150. The maximum Gasteiger partial charge on any atom is 0.0439 e. The largest absolute Gasteiger partial charge is 0.328 e. The molecular formula is C9H11BrClN. The molecule has 0 amide bonds. The monoisotopic (exact) mass is 247 g/mol. The van der Waals surface area contributed by atoms with Crippen LogP contribution in [0.2, 0.25) is 5.02 Å². The van der Waals surface area contributed by atoms with Crippen LogP contribution in [0.15, 0.2) is 22.7 Å². The third-order valence-corrected chi connectivity index (χ3v) is 2.41. The van der Waals surface area contributed by atoms with Gasteiger partial charge in [0.15, 0.2) is 0 Å². The Hall–Kier alpha value is -0.0500. The molecule has 1 aromatic carbocycles. The van der Waals surface area contributed by atoms with E-state index in [2.05, 4.69) is 15.9 Å². The van der Waals surface area contributed by atoms with Crippen LogP contribution in [0.4, 0.5) is 0 Å². The molecule has 0 aliphatic heterocycles. The van der Waals surface area contributed by atoms with Crippen molar-refractivity contribution in [1.82, 2.24) is 0 Å². The Kier molecular flexibility index (Phi) is 3.56. The predicted molar refractivity (Wildman–Crippen MR) is 56.5 cm³/mol. The van der Waals surface area contributed by atoms with Crippen LogP contribution in [-0.4, -0.2) is 6.04 Å². The van der Waals surface area contributed by atoms with Crippen LogP contribution >= 0.6 is 27.5 Å². The molecule has 1 nitrogen and oxygen atoms in total. The smallest absolute Gasteiger partial charge is 0.0439 e. The Bertz CT molecular complexity index is 273. The molecule has 0 unspecified atom stereocenters. The summed E-state index contributed by atoms with van der Waals surface area (Å²) in [5, 5.41) is 0.788. The van der Waals surface area contributed by atoms with Crippen molar-refractivity contribution in [3.63, 3.8) is 0 Å². The lowest BCUT2D eigenvalue weighted by atomic mass is 10.1. The fraction of sp³-hybridized carbons (Fsp3) is 0.333. The van der Waals surface area contributed by atoms with Gasteiger partial charge in [0, 0.05) is 15.5 Å². The van der Waals surface area contributed by atoms with E-state index in [4.69, 9.17) is 17.3 Å². The van der Waals surface area contributed by atoms with E-state index in [0.29, 0.717) is 0 Å². The minimum Gasteiger partial charge on any atom is -0.328 e. The van der Waals surface area contributed by atoms with Gasteiger partial charge in [0.2, 0.25) is 0 Å². The molecule has 0 bridgehead atoms. The zero-order chi connectivity index (χ0) is 9.14. The first-order valence-corrected chi connectivity index (χ1v) is 4.96. The van der Waals surface area contributed by atoms with Crippen molar-refractivity contribution in [2.24, 2.45) is 5.73 Å². The molecule has 0 aliphatic carbocycles. The van der Waals surface area contributed by atoms with Gasteiger partial charge in [-0.25, -0.2) is 0 Å². The maximum absolute atomic E-state index is 5.96. The molecule has 0 aromatic heterocycles. The van der Waals surface area contributed by atoms with Crippen molar-refractivity contribution in [1.29, 1.82) is 0 Å². The summed E-state index contributed by atoms with van der Waals surface area (Å²) in [6.07, 6.45) is 0.818. The van der Waals surface area contributed by atoms with Crippen molar-refractivity contribution in [2.45, 2.75) is 19.4 Å². The average molecular weight is 249 g/mol. The quantitative estimate of drug-likeness (QED) is 0.855. The summed E-state index contributed by atoms with van der Waals surface area (Å²) < 4.78 is 1.04. The highest BCUT2D eigenvalue weighted by atomic mass is 79.9. The van der Waals surface area contributed by atoms with Crippen molar-refractivity contribution >= 4 is 27.5 Å². The summed E-state index contributed by atoms with van der Waals surface area (Å²) in [7, 11) is 0. The Morgan fingerprint density at radius 2 is 2.25 bits per heavy atom. The summed E-state index contributed by atoms with van der Waals surface area (Å²) in [6.45, 7) is 1.97. The minimum atomic E-state index is 0.150. The Morgan fingerprint density at radius 1 is 1.58 bits per heavy atom. The lowest BCUT2D eigenvalue weighted by Gasteiger charge is -2.07. The number of hydrogen-bond donors (Lipinski definition) is 1. The third kappa shape index (κ3) is 2.77. The van der Waals surface area contributed by atoms with Crippen LogP contribution in [0, 0.1) is 0 Å². The fourth-order valence-electron chi connectivity index (χ4n) is 1.05. The Balaban J connectivity index is 2.90. The average Bonchev–Trinajstić information content (AvgIpc) is 1.96. The van der Waals surface area contributed by atoms with Gasteiger partial charge < -0.3 is 5.73 Å². The highest BCUT2D eigenvalue weighted by molar-refractivity contribution is 9.10. The predicted octanol–water partition coefficient (Wildman–Crippen LogP) is 2.99. The molecular weight excluding hydrogens is 237 g/mol. The molecule has 12 heavy (non-hydrogen) atoms. The van der Waals surface area contributed by atoms with Crippen molar-refractivity contribution in [3.8, 4) is 0 Å². The molecule has 0 heterocycles. The summed E-state index contributed by atoms with van der Waals surface area (Å²) in [4.78, 5) is 0. The van der Waals surface area contributed by atoms with Gasteiger partial charge in [0.25, 0.3) is 0 Å². The van der Waals surface area contributed by atoms with Gasteiger partial charge in [-0.15, -0.1) is 0 Å². The van der Waals surface area contributed by atoms with Gasteiger partial charge in [-0.05, 0) is 37.1 Å². The summed E-state index contributed by atoms with van der Waals surface area (Å²) in [5.41, 5.74) is 6.77. The van der Waals surface area contributed by atoms with Gasteiger partial charge in [-0.3, -0.25) is 0 Å². The van der Waals surface area contributed by atoms with E-state index in [-0.39, 0.29) is 6.04 Å². The molecule has 0 fully saturated rings. The van der Waals surface area contributed by atoms with Gasteiger partial charge in [-0.2, -0.15) is 0 Å². The zero-order valence-electron chi connectivity index (χ0n) is 6.85. The summed E-state index contributed by atoms with van der Waals surface area (Å²) in [6, 6.07) is 5.96. The van der Waals surface area contributed by atoms with Crippen molar-refractivity contribution in [2.75, 3.05) is 0 Å². The first-order valence-electron chi connectivity index (χ1n) is 3.79. The molecule has 1 rings (SSSR count). The first-order chi connectivity index (χ1) is 5.59. The molecule has 0 saturated heterocycles. The number of rotatable bonds is 2. The lowest BCUT2D eigenvalue weighted by molar-refractivity contribution is 0.738. The van der Waals surface area contributed by atoms with E-state index in [1.807, 2.05) is 25.1 Å². The van der Waals surface area contributed by atoms with Crippen LogP contribution in [0.3, 0.4) is 0 Å². The van der Waals surface area contributed by atoms with E-state index < -0.39 is 0 Å². The summed E-state index contributed by atoms with van der Waals surface area (Å²) >= 11 is 9.35. The molecule has 0 aliphatic rings. The molecule has 2 N–H and O–H groups in total. The topological polar surface area (TPSA) is 26.0 Å². The van der Waals surface area contributed by atoms with Gasteiger partial charge >= 0.3 is 0 Å². The number of halogens is 2. The standard InChI is InChI=1S/C9H11BrClN/c1-6(12)4-7-5-8(10)2-3-9(7)11/h2-3,5-6H,4,12H2,1H3/t6-/m1/s1. The highest BCUT2D eigenvalue weighted by Crippen LogP contribution is 2.21. The SMILES string of the molecule is C[C@@H](N)Cc1cc(Br)ccc1Cl. The normalized spacial score (nSPS) is 13.0. The van der Waals surface area contributed by atoms with Gasteiger partial charge in [0.1, 0.15) is 0 Å². The molecule has 0 spiro atoms. The van der Waals surface area contributed by atoms with Gasteiger partial charge in [-0.1, -0.05) is 27.5 Å². The molecule has 1 aromatic rings. The molecule has 3 heteroatoms. The number of nitrogens with two attached hydrogens (primary N) is 1. The molecule has 1 atom stereocenters. The molecule has 0 saturated carbocycles. The van der Waals surface area contributed by atoms with Crippen LogP contribution in [0.25, 0.3) is 0 Å². The van der Waals surface area contributed by atoms with E-state index in [1.54, 1.807) is 0 Å². The van der Waals surface area contributed by atoms with E-state index in [0.717, 1.165) is 21.5 Å². The third-order valence-electron chi connectivity index (χ3n) is 1.55. The van der Waals surface area contributed by atoms with Crippen LogP contribution in [0.1, 0.15) is 12.5 Å². The zero-order valence-corrected chi connectivity index (χ0v) is 9.19. The van der Waals surface area contributed by atoms with Crippen LogP contribution in [-0.2, 0) is 6.42 Å². The van der Waals surface area contributed by atoms with Crippen molar-refractivity contribution < 1.29 is 0 Å². The van der Waals surface area contributed by atoms with Crippen molar-refractivity contribution in [3.05, 3.63) is 33.3 Å². The molecule has 0 radical (unpaired) electrons. The second kappa shape index (κ2) is 4.26. The van der Waals surface area contributed by atoms with Gasteiger partial charge in [0.05, 0.1) is 0 Å². The maximum atomic E-state index is 5.96. The second-order valence-electron chi connectivity index (χ2n) is 2.92. The second-order valence-corrected chi connectivity index (χ2v) is 4.24. The number of benzene rings is 1. The van der Waals surface area contributed by atoms with E-state index in [9.17, 15) is 0 Å². The summed E-state index contributed by atoms with van der Waals surface area (Å²) in [5.74, 6) is 0. The molecule has 66 valence electrons. The van der Waals surface area contributed by atoms with Crippen LogP contribution in [0.5, 0.6) is 0 Å². The number of hydrogen-bond acceptors (Lipinski definition) is 1. The first kappa shape index (κ1) is 10.0. The highest BCUT2D eigenvalue weighted by Gasteiger charge is 2.03. The Morgan fingerprint density at radius 3 is 2.83 bits per heavy atom. The van der Waals surface area contributed by atoms with E-state index >= 15 is 0 Å². The van der Waals surface area contributed by atoms with Crippen LogP contribution < -0.4 is 5.73 Å². The Labute approximate surface area is 86.0 Å². The van der Waals surface area contributed by atoms with E-state index in [1.165, 1.54) is 0 Å². The fourth-order valence-corrected chi connectivity index (χ4v) is 1.65. The lowest BCUT2D eigenvalue weighted by Crippen LogP contribution is -2.17.